The predicted molar refractivity (Wildman–Crippen MR) is 77.2 cm³/mol. The number of non-ortho nitro benzene ring substituents is 1. The molecule has 0 aliphatic heterocycles. The zero-order valence-electron chi connectivity index (χ0n) is 10.8. The van der Waals surface area contributed by atoms with Gasteiger partial charge < -0.3 is 5.32 Å². The van der Waals surface area contributed by atoms with Crippen molar-refractivity contribution < 1.29 is 14.1 Å². The van der Waals surface area contributed by atoms with Crippen molar-refractivity contribution in [2.24, 2.45) is 0 Å². The first-order valence-corrected chi connectivity index (χ1v) is 6.04. The van der Waals surface area contributed by atoms with Gasteiger partial charge in [0.25, 0.3) is 5.69 Å². The van der Waals surface area contributed by atoms with Gasteiger partial charge in [-0.05, 0) is 35.9 Å². The third-order valence-corrected chi connectivity index (χ3v) is 2.62. The summed E-state index contributed by atoms with van der Waals surface area (Å²) in [7, 11) is 0. The number of nitrogens with one attached hydrogen (secondary N) is 1. The number of carbonyl (C=O) groups excluding carboxylic acids is 1. The second kappa shape index (κ2) is 6.42. The molecule has 1 N–H and O–H groups in total. The van der Waals surface area contributed by atoms with Gasteiger partial charge in [0.15, 0.2) is 0 Å². The van der Waals surface area contributed by atoms with E-state index in [-0.39, 0.29) is 11.5 Å². The molecule has 0 saturated heterocycles. The smallest absolute Gasteiger partial charge is 0.270 e. The Labute approximate surface area is 119 Å². The minimum absolute atomic E-state index is 0.0453. The summed E-state index contributed by atoms with van der Waals surface area (Å²) in [5.41, 5.74) is 0.958. The van der Waals surface area contributed by atoms with Gasteiger partial charge in [0.05, 0.1) is 4.92 Å². The zero-order chi connectivity index (χ0) is 15.2. The van der Waals surface area contributed by atoms with E-state index in [1.807, 2.05) is 0 Å². The lowest BCUT2D eigenvalue weighted by atomic mass is 10.2. The number of nitrogens with zero attached hydrogens (tertiary/aromatic N) is 1. The lowest BCUT2D eigenvalue weighted by Crippen LogP contribution is -2.07. The van der Waals surface area contributed by atoms with Gasteiger partial charge in [-0.3, -0.25) is 14.9 Å². The second-order valence-electron chi connectivity index (χ2n) is 4.18. The standard InChI is InChI=1S/C15H11FN2O3/c16-12-5-7-13(8-6-12)17-15(19)9-4-11-2-1-3-14(10-11)18(20)21/h1-10H,(H,17,19)/b9-4-. The van der Waals surface area contributed by atoms with Crippen LogP contribution in [0.25, 0.3) is 6.08 Å². The van der Waals surface area contributed by atoms with Crippen LogP contribution >= 0.6 is 0 Å². The summed E-state index contributed by atoms with van der Waals surface area (Å²) in [6, 6.07) is 11.3. The summed E-state index contributed by atoms with van der Waals surface area (Å²) >= 11 is 0. The Balaban J connectivity index is 2.03. The minimum atomic E-state index is -0.504. The van der Waals surface area contributed by atoms with Crippen molar-refractivity contribution in [2.75, 3.05) is 5.32 Å². The fourth-order valence-corrected chi connectivity index (χ4v) is 1.63. The Morgan fingerprint density at radius 1 is 1.19 bits per heavy atom. The number of halogens is 1. The molecular weight excluding hydrogens is 275 g/mol. The monoisotopic (exact) mass is 286 g/mol. The number of hydrogen-bond acceptors (Lipinski definition) is 3. The molecule has 1 amide bonds. The Kier molecular flexibility index (Phi) is 4.40. The summed E-state index contributed by atoms with van der Waals surface area (Å²) in [5.74, 6) is -0.798. The van der Waals surface area contributed by atoms with E-state index < -0.39 is 10.8 Å². The largest absolute Gasteiger partial charge is 0.323 e. The van der Waals surface area contributed by atoms with Crippen LogP contribution < -0.4 is 5.32 Å². The molecule has 2 aromatic carbocycles. The van der Waals surface area contributed by atoms with Gasteiger partial charge in [-0.25, -0.2) is 4.39 Å². The highest BCUT2D eigenvalue weighted by atomic mass is 19.1. The second-order valence-corrected chi connectivity index (χ2v) is 4.18. The van der Waals surface area contributed by atoms with E-state index in [0.717, 1.165) is 0 Å². The molecule has 0 aliphatic rings. The van der Waals surface area contributed by atoms with Crippen molar-refractivity contribution in [3.63, 3.8) is 0 Å². The number of rotatable bonds is 4. The van der Waals surface area contributed by atoms with Crippen LogP contribution in [-0.4, -0.2) is 10.8 Å². The summed E-state index contributed by atoms with van der Waals surface area (Å²) in [6.45, 7) is 0. The molecule has 0 atom stereocenters. The molecule has 21 heavy (non-hydrogen) atoms. The maximum Gasteiger partial charge on any atom is 0.270 e. The van der Waals surface area contributed by atoms with E-state index in [2.05, 4.69) is 5.32 Å². The molecule has 0 aliphatic carbocycles. The number of nitro groups is 1. The average Bonchev–Trinajstić information content (AvgIpc) is 2.48. The van der Waals surface area contributed by atoms with Gasteiger partial charge in [0.1, 0.15) is 5.82 Å². The fraction of sp³-hybridized carbons (Fsp3) is 0. The molecule has 6 heteroatoms. The SMILES string of the molecule is O=C(/C=C\c1cccc([N+](=O)[O-])c1)Nc1ccc(F)cc1. The van der Waals surface area contributed by atoms with Gasteiger partial charge >= 0.3 is 0 Å². The zero-order valence-corrected chi connectivity index (χ0v) is 10.8. The molecule has 2 rings (SSSR count). The molecular formula is C15H11FN2O3. The topological polar surface area (TPSA) is 72.2 Å². The Bertz CT molecular complexity index is 696. The van der Waals surface area contributed by atoms with Crippen LogP contribution in [0.4, 0.5) is 15.8 Å². The van der Waals surface area contributed by atoms with Crippen LogP contribution in [0.5, 0.6) is 0 Å². The number of amides is 1. The van der Waals surface area contributed by atoms with Crippen molar-refractivity contribution in [3.8, 4) is 0 Å². The van der Waals surface area contributed by atoms with Crippen LogP contribution in [0.3, 0.4) is 0 Å². The number of hydrogen-bond donors (Lipinski definition) is 1. The summed E-state index contributed by atoms with van der Waals surface area (Å²) in [4.78, 5) is 21.8. The summed E-state index contributed by atoms with van der Waals surface area (Å²) in [5, 5.41) is 13.2. The normalized spacial score (nSPS) is 10.5. The van der Waals surface area contributed by atoms with Crippen molar-refractivity contribution in [1.82, 2.24) is 0 Å². The number of benzene rings is 2. The molecule has 2 aromatic rings. The van der Waals surface area contributed by atoms with Gasteiger partial charge in [0, 0.05) is 23.9 Å². The van der Waals surface area contributed by atoms with Crippen molar-refractivity contribution in [2.45, 2.75) is 0 Å². The van der Waals surface area contributed by atoms with E-state index in [9.17, 15) is 19.3 Å². The van der Waals surface area contributed by atoms with Gasteiger partial charge in [-0.15, -0.1) is 0 Å². The molecule has 0 bridgehead atoms. The molecule has 0 heterocycles. The Hall–Kier alpha value is -3.02. The molecule has 0 unspecified atom stereocenters. The van der Waals surface area contributed by atoms with Crippen molar-refractivity contribution in [1.29, 1.82) is 0 Å². The first kappa shape index (κ1) is 14.4. The summed E-state index contributed by atoms with van der Waals surface area (Å²) < 4.78 is 12.7. The minimum Gasteiger partial charge on any atom is -0.323 e. The predicted octanol–water partition coefficient (Wildman–Crippen LogP) is 3.39. The number of anilines is 1. The van der Waals surface area contributed by atoms with E-state index in [0.29, 0.717) is 11.3 Å². The van der Waals surface area contributed by atoms with Gasteiger partial charge in [0.2, 0.25) is 5.91 Å². The maximum atomic E-state index is 12.7. The highest BCUT2D eigenvalue weighted by Crippen LogP contribution is 2.14. The maximum absolute atomic E-state index is 12.7. The van der Waals surface area contributed by atoms with E-state index >= 15 is 0 Å². The van der Waals surface area contributed by atoms with Crippen LogP contribution in [0.15, 0.2) is 54.6 Å². The van der Waals surface area contributed by atoms with E-state index in [1.54, 1.807) is 6.07 Å². The van der Waals surface area contributed by atoms with E-state index in [1.165, 1.54) is 54.6 Å². The molecule has 0 aromatic heterocycles. The van der Waals surface area contributed by atoms with E-state index in [4.69, 9.17) is 0 Å². The Morgan fingerprint density at radius 2 is 1.90 bits per heavy atom. The molecule has 106 valence electrons. The van der Waals surface area contributed by atoms with Crippen LogP contribution in [0, 0.1) is 15.9 Å². The quantitative estimate of drug-likeness (QED) is 0.532. The van der Waals surface area contributed by atoms with Gasteiger partial charge in [-0.2, -0.15) is 0 Å². The molecule has 0 spiro atoms. The average molecular weight is 286 g/mol. The first-order chi connectivity index (χ1) is 10.0. The molecule has 5 nitrogen and oxygen atoms in total. The highest BCUT2D eigenvalue weighted by Gasteiger charge is 2.04. The number of nitro benzene ring substituents is 1. The molecule has 0 saturated carbocycles. The van der Waals surface area contributed by atoms with Crippen molar-refractivity contribution in [3.05, 3.63) is 76.1 Å². The third-order valence-electron chi connectivity index (χ3n) is 2.62. The lowest BCUT2D eigenvalue weighted by Gasteiger charge is -2.01. The first-order valence-electron chi connectivity index (χ1n) is 6.04. The van der Waals surface area contributed by atoms with Crippen LogP contribution in [-0.2, 0) is 4.79 Å². The molecule has 0 fully saturated rings. The highest BCUT2D eigenvalue weighted by molar-refractivity contribution is 6.01. The lowest BCUT2D eigenvalue weighted by molar-refractivity contribution is -0.384. The van der Waals surface area contributed by atoms with Crippen LogP contribution in [0.1, 0.15) is 5.56 Å². The number of carbonyl (C=O) groups is 1. The fourth-order valence-electron chi connectivity index (χ4n) is 1.63. The summed E-state index contributed by atoms with van der Waals surface area (Å²) in [6.07, 6.45) is 2.72. The third kappa shape index (κ3) is 4.24. The van der Waals surface area contributed by atoms with Crippen LogP contribution in [0.2, 0.25) is 0 Å². The Morgan fingerprint density at radius 3 is 2.57 bits per heavy atom. The van der Waals surface area contributed by atoms with Crippen molar-refractivity contribution >= 4 is 23.4 Å². The van der Waals surface area contributed by atoms with Gasteiger partial charge in [-0.1, -0.05) is 12.1 Å². The molecule has 0 radical (unpaired) electrons.